The molecule has 1 aromatic carbocycles. The van der Waals surface area contributed by atoms with Gasteiger partial charge in [-0.3, -0.25) is 0 Å². The number of rotatable bonds is 4. The van der Waals surface area contributed by atoms with Crippen LogP contribution in [-0.2, 0) is 0 Å². The first kappa shape index (κ1) is 12.4. The Morgan fingerprint density at radius 3 is 2.79 bits per heavy atom. The monoisotopic (exact) mass is 255 g/mol. The summed E-state index contributed by atoms with van der Waals surface area (Å²) in [4.78, 5) is 7.10. The third-order valence-corrected chi connectivity index (χ3v) is 4.13. The van der Waals surface area contributed by atoms with Crippen molar-refractivity contribution in [1.29, 1.82) is 0 Å². The lowest BCUT2D eigenvalue weighted by Crippen LogP contribution is -2.40. The van der Waals surface area contributed by atoms with E-state index in [2.05, 4.69) is 43.1 Å². The minimum absolute atomic E-state index is 0.423. The number of hydrogen-bond donors (Lipinski definition) is 1. The maximum atomic E-state index is 5.95. The number of likely N-dealkylation sites (N-methyl/N-ethyl adjacent to an activating group) is 1. The van der Waals surface area contributed by atoms with E-state index in [9.17, 15) is 0 Å². The van der Waals surface area contributed by atoms with Crippen LogP contribution in [0.1, 0.15) is 18.4 Å². The van der Waals surface area contributed by atoms with Crippen LogP contribution >= 0.6 is 0 Å². The van der Waals surface area contributed by atoms with Gasteiger partial charge in [-0.15, -0.1) is 0 Å². The van der Waals surface area contributed by atoms with Crippen LogP contribution in [0, 0.1) is 12.8 Å². The maximum Gasteiger partial charge on any atom is 0.132 e. The molecule has 1 saturated carbocycles. The third kappa shape index (κ3) is 2.30. The Morgan fingerprint density at radius 1 is 1.37 bits per heavy atom. The van der Waals surface area contributed by atoms with E-state index in [1.165, 1.54) is 23.8 Å². The van der Waals surface area contributed by atoms with Crippen molar-refractivity contribution in [3.63, 3.8) is 0 Å². The van der Waals surface area contributed by atoms with Crippen LogP contribution in [0.5, 0.6) is 0 Å². The smallest absolute Gasteiger partial charge is 0.132 e. The summed E-state index contributed by atoms with van der Waals surface area (Å²) < 4.78 is 0. The van der Waals surface area contributed by atoms with Gasteiger partial charge >= 0.3 is 0 Å². The van der Waals surface area contributed by atoms with Gasteiger partial charge in [0.25, 0.3) is 0 Å². The molecule has 0 spiro atoms. The van der Waals surface area contributed by atoms with Gasteiger partial charge in [0.1, 0.15) is 5.82 Å². The highest BCUT2D eigenvalue weighted by Crippen LogP contribution is 2.36. The number of hydrogen-bond acceptors (Lipinski definition) is 3. The summed E-state index contributed by atoms with van der Waals surface area (Å²) in [7, 11) is 2.12. The fourth-order valence-corrected chi connectivity index (χ4v) is 2.87. The Morgan fingerprint density at radius 2 is 2.11 bits per heavy atom. The molecule has 19 heavy (non-hydrogen) atoms. The number of pyridine rings is 1. The summed E-state index contributed by atoms with van der Waals surface area (Å²) >= 11 is 0. The molecule has 1 atom stereocenters. The Bertz CT molecular complexity index is 590. The van der Waals surface area contributed by atoms with Crippen LogP contribution < -0.4 is 10.6 Å². The zero-order chi connectivity index (χ0) is 13.4. The number of aryl methyl sites for hydroxylation is 1. The van der Waals surface area contributed by atoms with Gasteiger partial charge in [-0.1, -0.05) is 18.2 Å². The second-order valence-corrected chi connectivity index (χ2v) is 5.57. The molecule has 0 radical (unpaired) electrons. The zero-order valence-corrected chi connectivity index (χ0v) is 11.6. The van der Waals surface area contributed by atoms with Gasteiger partial charge < -0.3 is 10.6 Å². The van der Waals surface area contributed by atoms with E-state index >= 15 is 0 Å². The molecule has 3 heteroatoms. The lowest BCUT2D eigenvalue weighted by molar-refractivity contribution is 0.566. The van der Waals surface area contributed by atoms with Crippen LogP contribution in [0.3, 0.4) is 0 Å². The van der Waals surface area contributed by atoms with Gasteiger partial charge in [-0.2, -0.15) is 0 Å². The highest BCUT2D eigenvalue weighted by atomic mass is 15.2. The Hall–Kier alpha value is -1.61. The molecule has 1 aliphatic carbocycles. The summed E-state index contributed by atoms with van der Waals surface area (Å²) in [5, 5.41) is 1.20. The number of anilines is 1. The molecular weight excluding hydrogens is 234 g/mol. The van der Waals surface area contributed by atoms with E-state index in [-0.39, 0.29) is 0 Å². The number of nitrogens with zero attached hydrogens (tertiary/aromatic N) is 2. The molecule has 2 N–H and O–H groups in total. The topological polar surface area (TPSA) is 42.2 Å². The van der Waals surface area contributed by atoms with Gasteiger partial charge in [0.2, 0.25) is 0 Å². The number of benzene rings is 1. The minimum Gasteiger partial charge on any atom is -0.355 e. The average Bonchev–Trinajstić information content (AvgIpc) is 3.23. The van der Waals surface area contributed by atoms with Crippen molar-refractivity contribution in [1.82, 2.24) is 4.98 Å². The largest absolute Gasteiger partial charge is 0.355 e. The Kier molecular flexibility index (Phi) is 3.15. The number of para-hydroxylation sites is 1. The molecule has 3 nitrogen and oxygen atoms in total. The van der Waals surface area contributed by atoms with E-state index in [0.717, 1.165) is 17.3 Å². The molecular formula is C16H21N3. The molecule has 1 heterocycles. The SMILES string of the molecule is Cc1cc2ccccc2nc1N(C)C(CN)C1CC1. The average molecular weight is 255 g/mol. The lowest BCUT2D eigenvalue weighted by Gasteiger charge is -2.29. The maximum absolute atomic E-state index is 5.95. The van der Waals surface area contributed by atoms with Crippen molar-refractivity contribution in [2.75, 3.05) is 18.5 Å². The number of nitrogens with two attached hydrogens (primary N) is 1. The van der Waals surface area contributed by atoms with Gasteiger partial charge in [0, 0.05) is 25.0 Å². The summed E-state index contributed by atoms with van der Waals surface area (Å²) in [5.41, 5.74) is 8.22. The van der Waals surface area contributed by atoms with Crippen LogP contribution in [0.4, 0.5) is 5.82 Å². The van der Waals surface area contributed by atoms with Crippen LogP contribution in [-0.4, -0.2) is 24.6 Å². The molecule has 1 unspecified atom stereocenters. The van der Waals surface area contributed by atoms with Gasteiger partial charge in [0.05, 0.1) is 5.52 Å². The molecule has 0 amide bonds. The van der Waals surface area contributed by atoms with Gasteiger partial charge in [-0.25, -0.2) is 4.98 Å². The first-order valence-corrected chi connectivity index (χ1v) is 7.00. The molecule has 0 aliphatic heterocycles. The predicted octanol–water partition coefficient (Wildman–Crippen LogP) is 2.72. The lowest BCUT2D eigenvalue weighted by atomic mass is 10.1. The molecule has 0 bridgehead atoms. The van der Waals surface area contributed by atoms with E-state index in [4.69, 9.17) is 10.7 Å². The second kappa shape index (κ2) is 4.82. The first-order chi connectivity index (χ1) is 9.20. The fourth-order valence-electron chi connectivity index (χ4n) is 2.87. The molecule has 1 aliphatic rings. The summed E-state index contributed by atoms with van der Waals surface area (Å²) in [6, 6.07) is 10.9. The van der Waals surface area contributed by atoms with Crippen molar-refractivity contribution in [2.45, 2.75) is 25.8 Å². The number of aromatic nitrogens is 1. The van der Waals surface area contributed by atoms with E-state index in [1.54, 1.807) is 0 Å². The van der Waals surface area contributed by atoms with Crippen molar-refractivity contribution in [3.8, 4) is 0 Å². The first-order valence-electron chi connectivity index (χ1n) is 7.00. The normalized spacial score (nSPS) is 16.6. The summed E-state index contributed by atoms with van der Waals surface area (Å²) in [6.45, 7) is 2.83. The quantitative estimate of drug-likeness (QED) is 0.913. The number of fused-ring (bicyclic) bond motifs is 1. The highest BCUT2D eigenvalue weighted by molar-refractivity contribution is 5.81. The Balaban J connectivity index is 2.00. The molecule has 3 rings (SSSR count). The summed E-state index contributed by atoms with van der Waals surface area (Å²) in [5.74, 6) is 1.82. The fraction of sp³-hybridized carbons (Fsp3) is 0.438. The molecule has 0 saturated heterocycles. The van der Waals surface area contributed by atoms with E-state index in [1.807, 2.05) is 6.07 Å². The van der Waals surface area contributed by atoms with Crippen LogP contribution in [0.15, 0.2) is 30.3 Å². The van der Waals surface area contributed by atoms with E-state index < -0.39 is 0 Å². The standard InChI is InChI=1S/C16H21N3/c1-11-9-13-5-3-4-6-14(13)18-16(11)19(2)15(10-17)12-7-8-12/h3-6,9,12,15H,7-8,10,17H2,1-2H3. The molecule has 2 aromatic rings. The highest BCUT2D eigenvalue weighted by Gasteiger charge is 2.33. The van der Waals surface area contributed by atoms with Crippen molar-refractivity contribution in [3.05, 3.63) is 35.9 Å². The summed E-state index contributed by atoms with van der Waals surface area (Å²) in [6.07, 6.45) is 2.61. The van der Waals surface area contributed by atoms with Gasteiger partial charge in [0.15, 0.2) is 0 Å². The van der Waals surface area contributed by atoms with Crippen molar-refractivity contribution >= 4 is 16.7 Å². The minimum atomic E-state index is 0.423. The third-order valence-electron chi connectivity index (χ3n) is 4.13. The molecule has 1 aromatic heterocycles. The molecule has 100 valence electrons. The van der Waals surface area contributed by atoms with Crippen molar-refractivity contribution < 1.29 is 0 Å². The Labute approximate surface area is 114 Å². The second-order valence-electron chi connectivity index (χ2n) is 5.57. The van der Waals surface area contributed by atoms with Gasteiger partial charge in [-0.05, 0) is 43.4 Å². The zero-order valence-electron chi connectivity index (χ0n) is 11.6. The van der Waals surface area contributed by atoms with Crippen molar-refractivity contribution in [2.24, 2.45) is 11.7 Å². The van der Waals surface area contributed by atoms with Crippen LogP contribution in [0.25, 0.3) is 10.9 Å². The van der Waals surface area contributed by atoms with E-state index in [0.29, 0.717) is 12.6 Å². The molecule has 1 fully saturated rings. The van der Waals surface area contributed by atoms with Crippen LogP contribution in [0.2, 0.25) is 0 Å². The predicted molar refractivity (Wildman–Crippen MR) is 80.4 cm³/mol.